The lowest BCUT2D eigenvalue weighted by atomic mass is 9.59. The predicted octanol–water partition coefficient (Wildman–Crippen LogP) is 5.10. The smallest absolute Gasteiger partial charge is 0.311 e. The SMILES string of the molecule is CCC(C)(C)C(=O)O[C@H]1C[C@@H](S(=O)(=O)c2ccccc2)C[C@@H]2CC[C@H](C)[C@H](CC[C@H]3C[C@@H](O)CC(=O)O3)[C@H]21. The summed E-state index contributed by atoms with van der Waals surface area (Å²) in [5, 5.41) is 9.45. The number of carbonyl (C=O) groups excluding carboxylic acids is 2. The quantitative estimate of drug-likeness (QED) is 0.451. The molecule has 8 heteroatoms. The summed E-state index contributed by atoms with van der Waals surface area (Å²) < 4.78 is 39.1. The zero-order chi connectivity index (χ0) is 27.7. The van der Waals surface area contributed by atoms with E-state index in [1.807, 2.05) is 26.8 Å². The first-order valence-electron chi connectivity index (χ1n) is 14.3. The lowest BCUT2D eigenvalue weighted by Gasteiger charge is -2.50. The maximum Gasteiger partial charge on any atom is 0.311 e. The van der Waals surface area contributed by atoms with Gasteiger partial charge >= 0.3 is 11.9 Å². The second-order valence-corrected chi connectivity index (χ2v) is 14.7. The van der Waals surface area contributed by atoms with Gasteiger partial charge in [0.15, 0.2) is 9.84 Å². The van der Waals surface area contributed by atoms with Crippen molar-refractivity contribution in [2.75, 3.05) is 0 Å². The normalized spacial score (nSPS) is 34.2. The lowest BCUT2D eigenvalue weighted by Crippen LogP contribution is -2.51. The summed E-state index contributed by atoms with van der Waals surface area (Å²) >= 11 is 0. The van der Waals surface area contributed by atoms with Crippen LogP contribution in [0.5, 0.6) is 0 Å². The molecule has 212 valence electrons. The fourth-order valence-corrected chi connectivity index (χ4v) is 8.70. The number of rotatable bonds is 8. The van der Waals surface area contributed by atoms with E-state index in [1.165, 1.54) is 0 Å². The molecule has 4 rings (SSSR count). The fourth-order valence-electron chi connectivity index (χ4n) is 6.83. The predicted molar refractivity (Wildman–Crippen MR) is 144 cm³/mol. The Labute approximate surface area is 227 Å². The largest absolute Gasteiger partial charge is 0.462 e. The van der Waals surface area contributed by atoms with Crippen LogP contribution in [0, 0.1) is 29.1 Å². The number of hydrogen-bond acceptors (Lipinski definition) is 7. The molecule has 0 radical (unpaired) electrons. The minimum atomic E-state index is -3.57. The molecule has 2 saturated carbocycles. The molecule has 1 saturated heterocycles. The highest BCUT2D eigenvalue weighted by Gasteiger charge is 2.51. The van der Waals surface area contributed by atoms with Gasteiger partial charge in [-0.05, 0) is 75.8 Å². The first-order valence-corrected chi connectivity index (χ1v) is 15.8. The van der Waals surface area contributed by atoms with Crippen LogP contribution >= 0.6 is 0 Å². The van der Waals surface area contributed by atoms with Crippen LogP contribution in [0.25, 0.3) is 0 Å². The molecule has 38 heavy (non-hydrogen) atoms. The Morgan fingerprint density at radius 1 is 1.11 bits per heavy atom. The summed E-state index contributed by atoms with van der Waals surface area (Å²) in [7, 11) is -3.57. The van der Waals surface area contributed by atoms with Crippen molar-refractivity contribution in [3.8, 4) is 0 Å². The zero-order valence-corrected chi connectivity index (χ0v) is 24.0. The van der Waals surface area contributed by atoms with Crippen molar-refractivity contribution in [3.63, 3.8) is 0 Å². The van der Waals surface area contributed by atoms with Crippen molar-refractivity contribution in [1.82, 2.24) is 0 Å². The molecule has 1 heterocycles. The molecule has 0 spiro atoms. The lowest BCUT2D eigenvalue weighted by molar-refractivity contribution is -0.172. The summed E-state index contributed by atoms with van der Waals surface area (Å²) in [6.45, 7) is 7.93. The van der Waals surface area contributed by atoms with E-state index in [-0.39, 0.29) is 42.2 Å². The van der Waals surface area contributed by atoms with Gasteiger partial charge in [-0.25, -0.2) is 8.42 Å². The van der Waals surface area contributed by atoms with E-state index in [0.29, 0.717) is 42.9 Å². The highest BCUT2D eigenvalue weighted by atomic mass is 32.2. The number of esters is 2. The number of hydrogen-bond donors (Lipinski definition) is 1. The number of fused-ring (bicyclic) bond motifs is 1. The molecule has 1 N–H and O–H groups in total. The number of sulfone groups is 1. The van der Waals surface area contributed by atoms with Crippen LogP contribution < -0.4 is 0 Å². The highest BCUT2D eigenvalue weighted by Crippen LogP contribution is 2.51. The van der Waals surface area contributed by atoms with Crippen molar-refractivity contribution < 1.29 is 32.6 Å². The number of benzene rings is 1. The minimum absolute atomic E-state index is 0.0452. The Morgan fingerprint density at radius 2 is 1.82 bits per heavy atom. The summed E-state index contributed by atoms with van der Waals surface area (Å²) in [5.74, 6) is 0.154. The third-order valence-electron chi connectivity index (χ3n) is 9.52. The first-order chi connectivity index (χ1) is 17.9. The molecule has 8 atom stereocenters. The summed E-state index contributed by atoms with van der Waals surface area (Å²) in [5.41, 5.74) is -0.650. The molecule has 1 aromatic rings. The van der Waals surface area contributed by atoms with Crippen LogP contribution in [0.4, 0.5) is 0 Å². The molecule has 2 aliphatic carbocycles. The number of aliphatic hydroxyl groups is 1. The average Bonchev–Trinajstić information content (AvgIpc) is 2.88. The molecule has 3 fully saturated rings. The van der Waals surface area contributed by atoms with E-state index >= 15 is 0 Å². The second-order valence-electron chi connectivity index (χ2n) is 12.5. The minimum Gasteiger partial charge on any atom is -0.462 e. The molecule has 0 unspecified atom stereocenters. The van der Waals surface area contributed by atoms with Crippen molar-refractivity contribution >= 4 is 21.8 Å². The average molecular weight is 549 g/mol. The molecule has 1 aliphatic heterocycles. The summed E-state index contributed by atoms with van der Waals surface area (Å²) in [6, 6.07) is 8.59. The van der Waals surface area contributed by atoms with Crippen LogP contribution in [0.15, 0.2) is 35.2 Å². The molecular weight excluding hydrogens is 504 g/mol. The first kappa shape index (κ1) is 29.1. The van der Waals surface area contributed by atoms with Gasteiger partial charge in [-0.15, -0.1) is 0 Å². The van der Waals surface area contributed by atoms with Gasteiger partial charge < -0.3 is 14.6 Å². The van der Waals surface area contributed by atoms with Crippen LogP contribution in [-0.2, 0) is 28.9 Å². The summed E-state index contributed by atoms with van der Waals surface area (Å²) in [6.07, 6.45) is 3.85. The van der Waals surface area contributed by atoms with Gasteiger partial charge in [0.1, 0.15) is 12.2 Å². The zero-order valence-electron chi connectivity index (χ0n) is 23.2. The van der Waals surface area contributed by atoms with E-state index in [2.05, 4.69) is 6.92 Å². The van der Waals surface area contributed by atoms with Gasteiger partial charge in [-0.3, -0.25) is 9.59 Å². The van der Waals surface area contributed by atoms with Gasteiger partial charge in [0.2, 0.25) is 0 Å². The van der Waals surface area contributed by atoms with E-state index in [9.17, 15) is 23.1 Å². The van der Waals surface area contributed by atoms with Gasteiger partial charge in [0.25, 0.3) is 0 Å². The Bertz CT molecular complexity index is 1080. The van der Waals surface area contributed by atoms with Crippen molar-refractivity contribution in [1.29, 1.82) is 0 Å². The third-order valence-corrected chi connectivity index (χ3v) is 11.7. The van der Waals surface area contributed by atoms with Crippen LogP contribution in [0.3, 0.4) is 0 Å². The Balaban J connectivity index is 1.60. The van der Waals surface area contributed by atoms with Gasteiger partial charge in [0.05, 0.1) is 28.1 Å². The molecule has 0 bridgehead atoms. The Kier molecular flexibility index (Phi) is 8.92. The standard InChI is InChI=1S/C30H44O7S/c1-5-30(3,4)29(33)37-26-18-24(38(34,35)23-9-7-6-8-10-23)15-20-12-11-19(2)25(28(20)26)14-13-22-16-21(31)17-27(32)36-22/h6-10,19-22,24-26,28,31H,5,11-18H2,1-4H3/t19-,20-,21+,22-,24-,25-,26-,28-/m0/s1. The maximum absolute atomic E-state index is 13.7. The van der Waals surface area contributed by atoms with E-state index in [4.69, 9.17) is 9.47 Å². The van der Waals surface area contributed by atoms with Crippen LogP contribution in [0.1, 0.15) is 85.5 Å². The van der Waals surface area contributed by atoms with E-state index in [0.717, 1.165) is 19.3 Å². The second kappa shape index (κ2) is 11.7. The monoisotopic (exact) mass is 548 g/mol. The molecule has 7 nitrogen and oxygen atoms in total. The molecule has 3 aliphatic rings. The molecule has 0 aromatic heterocycles. The number of ether oxygens (including phenoxy) is 2. The van der Waals surface area contributed by atoms with Crippen molar-refractivity contribution in [3.05, 3.63) is 30.3 Å². The van der Waals surface area contributed by atoms with Crippen molar-refractivity contribution in [2.45, 2.75) is 114 Å². The van der Waals surface area contributed by atoms with Crippen molar-refractivity contribution in [2.24, 2.45) is 29.1 Å². The fraction of sp³-hybridized carbons (Fsp3) is 0.733. The van der Waals surface area contributed by atoms with Gasteiger partial charge in [-0.2, -0.15) is 0 Å². The van der Waals surface area contributed by atoms with Crippen LogP contribution in [-0.4, -0.2) is 49.0 Å². The number of carbonyl (C=O) groups is 2. The van der Waals surface area contributed by atoms with Gasteiger partial charge in [-0.1, -0.05) is 38.5 Å². The molecule has 0 amide bonds. The van der Waals surface area contributed by atoms with E-state index < -0.39 is 32.7 Å². The Hall–Kier alpha value is -1.93. The molecule has 1 aromatic carbocycles. The molecular formula is C30H44O7S. The topological polar surface area (TPSA) is 107 Å². The summed E-state index contributed by atoms with van der Waals surface area (Å²) in [4.78, 5) is 25.5. The number of cyclic esters (lactones) is 1. The van der Waals surface area contributed by atoms with Crippen LogP contribution in [0.2, 0.25) is 0 Å². The number of aliphatic hydroxyl groups excluding tert-OH is 1. The van der Waals surface area contributed by atoms with Gasteiger partial charge in [0, 0.05) is 18.8 Å². The third kappa shape index (κ3) is 6.27. The maximum atomic E-state index is 13.7. The van der Waals surface area contributed by atoms with E-state index in [1.54, 1.807) is 24.3 Å². The Morgan fingerprint density at radius 3 is 2.47 bits per heavy atom. The highest BCUT2D eigenvalue weighted by molar-refractivity contribution is 7.92.